The number of carbonyl (C=O) groups is 1. The van der Waals surface area contributed by atoms with Crippen LogP contribution < -0.4 is 4.90 Å². The molecule has 0 aliphatic carbocycles. The minimum Gasteiger partial charge on any atom is -0.478 e. The molecule has 2 aromatic rings. The Bertz CT molecular complexity index is 606. The van der Waals surface area contributed by atoms with E-state index in [0.717, 1.165) is 17.3 Å². The van der Waals surface area contributed by atoms with Crippen LogP contribution in [0.25, 0.3) is 11.1 Å². The summed E-state index contributed by atoms with van der Waals surface area (Å²) < 4.78 is 13.1. The number of hydrogen-bond donors (Lipinski definition) is 1. The first-order chi connectivity index (χ1) is 8.99. The molecule has 0 spiro atoms. The first kappa shape index (κ1) is 13.1. The van der Waals surface area contributed by atoms with E-state index in [-0.39, 0.29) is 5.56 Å². The van der Waals surface area contributed by atoms with Crippen molar-refractivity contribution >= 4 is 11.7 Å². The number of hydrogen-bond acceptors (Lipinski definition) is 2. The number of nitrogens with zero attached hydrogens (tertiary/aromatic N) is 1. The largest absolute Gasteiger partial charge is 0.478 e. The number of halogens is 1. The van der Waals surface area contributed by atoms with Gasteiger partial charge in [0.2, 0.25) is 0 Å². The Kier molecular flexibility index (Phi) is 3.51. The summed E-state index contributed by atoms with van der Waals surface area (Å²) in [5.41, 5.74) is 2.25. The molecule has 98 valence electrons. The Labute approximate surface area is 110 Å². The van der Waals surface area contributed by atoms with Crippen molar-refractivity contribution in [2.75, 3.05) is 19.0 Å². The molecule has 0 bridgehead atoms. The molecule has 0 fully saturated rings. The highest BCUT2D eigenvalue weighted by atomic mass is 19.1. The van der Waals surface area contributed by atoms with Crippen LogP contribution in [0.2, 0.25) is 0 Å². The average Bonchev–Trinajstić information content (AvgIpc) is 2.38. The van der Waals surface area contributed by atoms with Gasteiger partial charge in [-0.2, -0.15) is 0 Å². The van der Waals surface area contributed by atoms with E-state index in [1.807, 2.05) is 43.3 Å². The first-order valence-electron chi connectivity index (χ1n) is 5.79. The molecule has 0 heterocycles. The summed E-state index contributed by atoms with van der Waals surface area (Å²) in [6, 6.07) is 11.2. The zero-order valence-electron chi connectivity index (χ0n) is 10.7. The van der Waals surface area contributed by atoms with Gasteiger partial charge in [-0.05, 0) is 35.4 Å². The lowest BCUT2D eigenvalue weighted by molar-refractivity contribution is 0.0697. The molecule has 0 unspecified atom stereocenters. The molecule has 1 N–H and O–H groups in total. The molecule has 0 saturated heterocycles. The van der Waals surface area contributed by atoms with Gasteiger partial charge < -0.3 is 10.0 Å². The molecule has 2 rings (SSSR count). The van der Waals surface area contributed by atoms with Crippen LogP contribution in [0.3, 0.4) is 0 Å². The molecule has 0 radical (unpaired) electrons. The number of rotatable bonds is 3. The number of carboxylic acids is 1. The summed E-state index contributed by atoms with van der Waals surface area (Å²) in [5, 5.41) is 9.12. The molecule has 3 nitrogen and oxygen atoms in total. The molecular formula is C15H14FNO2. The van der Waals surface area contributed by atoms with Crippen LogP contribution in [-0.2, 0) is 0 Å². The third-order valence-electron chi connectivity index (χ3n) is 2.91. The van der Waals surface area contributed by atoms with Crippen LogP contribution >= 0.6 is 0 Å². The van der Waals surface area contributed by atoms with Crippen molar-refractivity contribution in [3.8, 4) is 11.1 Å². The zero-order chi connectivity index (χ0) is 14.0. The molecule has 0 atom stereocenters. The van der Waals surface area contributed by atoms with E-state index in [1.165, 1.54) is 12.1 Å². The lowest BCUT2D eigenvalue weighted by Gasteiger charge is -2.13. The SMILES string of the molecule is CN(C)c1ccc(-c2ccc(F)cc2C(=O)O)cc1. The van der Waals surface area contributed by atoms with Gasteiger partial charge >= 0.3 is 5.97 Å². The summed E-state index contributed by atoms with van der Waals surface area (Å²) in [4.78, 5) is 13.1. The number of benzene rings is 2. The highest BCUT2D eigenvalue weighted by Crippen LogP contribution is 2.26. The van der Waals surface area contributed by atoms with E-state index < -0.39 is 11.8 Å². The van der Waals surface area contributed by atoms with Crippen LogP contribution in [0.1, 0.15) is 10.4 Å². The minimum absolute atomic E-state index is 0.0300. The Balaban J connectivity index is 2.49. The predicted octanol–water partition coefficient (Wildman–Crippen LogP) is 3.26. The van der Waals surface area contributed by atoms with Crippen LogP contribution in [-0.4, -0.2) is 25.2 Å². The number of carboxylic acid groups (broad SMARTS) is 1. The maximum absolute atomic E-state index is 13.1. The highest BCUT2D eigenvalue weighted by Gasteiger charge is 2.12. The summed E-state index contributed by atoms with van der Waals surface area (Å²) in [6.07, 6.45) is 0. The van der Waals surface area contributed by atoms with Crippen LogP contribution in [0, 0.1) is 5.82 Å². The Hall–Kier alpha value is -2.36. The van der Waals surface area contributed by atoms with E-state index in [1.54, 1.807) is 0 Å². The molecule has 19 heavy (non-hydrogen) atoms. The normalized spacial score (nSPS) is 10.3. The maximum Gasteiger partial charge on any atom is 0.336 e. The van der Waals surface area contributed by atoms with Gasteiger partial charge in [-0.3, -0.25) is 0 Å². The summed E-state index contributed by atoms with van der Waals surface area (Å²) >= 11 is 0. The maximum atomic E-state index is 13.1. The van der Waals surface area contributed by atoms with Crippen LogP contribution in [0.15, 0.2) is 42.5 Å². The minimum atomic E-state index is -1.13. The van der Waals surface area contributed by atoms with Crippen molar-refractivity contribution < 1.29 is 14.3 Å². The molecular weight excluding hydrogens is 245 g/mol. The summed E-state index contributed by atoms with van der Waals surface area (Å²) in [5.74, 6) is -1.68. The Morgan fingerprint density at radius 1 is 1.11 bits per heavy atom. The van der Waals surface area contributed by atoms with E-state index in [4.69, 9.17) is 5.11 Å². The zero-order valence-corrected chi connectivity index (χ0v) is 10.7. The van der Waals surface area contributed by atoms with Gasteiger partial charge in [0.05, 0.1) is 5.56 Å². The Morgan fingerprint density at radius 2 is 1.74 bits per heavy atom. The standard InChI is InChI=1S/C15H14FNO2/c1-17(2)12-6-3-10(4-7-12)13-8-5-11(16)9-14(13)15(18)19/h3-9H,1-2H3,(H,18,19). The molecule has 4 heteroatoms. The quantitative estimate of drug-likeness (QED) is 0.919. The van der Waals surface area contributed by atoms with Crippen molar-refractivity contribution in [2.45, 2.75) is 0 Å². The first-order valence-corrected chi connectivity index (χ1v) is 5.79. The Morgan fingerprint density at radius 3 is 2.26 bits per heavy atom. The van der Waals surface area contributed by atoms with Gasteiger partial charge in [-0.1, -0.05) is 18.2 Å². The lowest BCUT2D eigenvalue weighted by atomic mass is 9.99. The second-order valence-corrected chi connectivity index (χ2v) is 4.44. The van der Waals surface area contributed by atoms with Gasteiger partial charge in [0, 0.05) is 19.8 Å². The molecule has 0 aromatic heterocycles. The lowest BCUT2D eigenvalue weighted by Crippen LogP contribution is -2.08. The van der Waals surface area contributed by atoms with E-state index in [9.17, 15) is 9.18 Å². The monoisotopic (exact) mass is 259 g/mol. The summed E-state index contributed by atoms with van der Waals surface area (Å²) in [6.45, 7) is 0. The third-order valence-corrected chi connectivity index (χ3v) is 2.91. The van der Waals surface area contributed by atoms with Gasteiger partial charge in [0.1, 0.15) is 5.82 Å². The fourth-order valence-corrected chi connectivity index (χ4v) is 1.88. The fraction of sp³-hybridized carbons (Fsp3) is 0.133. The third kappa shape index (κ3) is 2.73. The molecule has 2 aromatic carbocycles. The topological polar surface area (TPSA) is 40.5 Å². The molecule has 0 aliphatic rings. The molecule has 0 amide bonds. The molecule has 0 aliphatic heterocycles. The summed E-state index contributed by atoms with van der Waals surface area (Å²) in [7, 11) is 3.85. The second-order valence-electron chi connectivity index (χ2n) is 4.44. The van der Waals surface area contributed by atoms with Crippen molar-refractivity contribution in [3.63, 3.8) is 0 Å². The van der Waals surface area contributed by atoms with E-state index in [2.05, 4.69) is 0 Å². The van der Waals surface area contributed by atoms with Gasteiger partial charge in [-0.15, -0.1) is 0 Å². The van der Waals surface area contributed by atoms with Crippen LogP contribution in [0.5, 0.6) is 0 Å². The van der Waals surface area contributed by atoms with Gasteiger partial charge in [0.25, 0.3) is 0 Å². The number of anilines is 1. The van der Waals surface area contributed by atoms with Gasteiger partial charge in [-0.25, -0.2) is 9.18 Å². The predicted molar refractivity (Wildman–Crippen MR) is 73.1 cm³/mol. The second kappa shape index (κ2) is 5.10. The van der Waals surface area contributed by atoms with E-state index >= 15 is 0 Å². The van der Waals surface area contributed by atoms with Crippen molar-refractivity contribution in [2.24, 2.45) is 0 Å². The van der Waals surface area contributed by atoms with Crippen molar-refractivity contribution in [3.05, 3.63) is 53.8 Å². The average molecular weight is 259 g/mol. The van der Waals surface area contributed by atoms with Gasteiger partial charge in [0.15, 0.2) is 0 Å². The smallest absolute Gasteiger partial charge is 0.336 e. The van der Waals surface area contributed by atoms with Crippen LogP contribution in [0.4, 0.5) is 10.1 Å². The molecule has 0 saturated carbocycles. The van der Waals surface area contributed by atoms with E-state index in [0.29, 0.717) is 5.56 Å². The number of aromatic carboxylic acids is 1. The van der Waals surface area contributed by atoms with Crippen molar-refractivity contribution in [1.29, 1.82) is 0 Å². The van der Waals surface area contributed by atoms with Crippen molar-refractivity contribution in [1.82, 2.24) is 0 Å². The fourth-order valence-electron chi connectivity index (χ4n) is 1.88. The highest BCUT2D eigenvalue weighted by molar-refractivity contribution is 5.96.